The molecule has 0 amide bonds. The van der Waals surface area contributed by atoms with E-state index >= 15 is 0 Å². The predicted octanol–water partition coefficient (Wildman–Crippen LogP) is 3.08. The summed E-state index contributed by atoms with van der Waals surface area (Å²) in [6.45, 7) is 3.18. The van der Waals surface area contributed by atoms with E-state index in [0.717, 1.165) is 74.5 Å². The second kappa shape index (κ2) is 10.3. The molecule has 180 valence electrons. The molecule has 10 heteroatoms. The number of methoxy groups -OCH3 is 2. The van der Waals surface area contributed by atoms with Crippen molar-refractivity contribution < 1.29 is 18.9 Å². The first-order valence-electron chi connectivity index (χ1n) is 11.7. The fourth-order valence-corrected chi connectivity index (χ4v) is 4.49. The highest BCUT2D eigenvalue weighted by Gasteiger charge is 2.25. The van der Waals surface area contributed by atoms with Gasteiger partial charge in [0.1, 0.15) is 11.3 Å². The molecule has 1 aliphatic heterocycles. The Morgan fingerprint density at radius 2 is 1.62 bits per heavy atom. The van der Waals surface area contributed by atoms with Crippen molar-refractivity contribution in [3.8, 4) is 17.5 Å². The minimum Gasteiger partial charge on any atom is -0.488 e. The lowest BCUT2D eigenvalue weighted by Crippen LogP contribution is -2.36. The monoisotopic (exact) mass is 466 g/mol. The van der Waals surface area contributed by atoms with Crippen LogP contribution in [-0.2, 0) is 4.74 Å². The van der Waals surface area contributed by atoms with E-state index in [1.54, 1.807) is 32.7 Å². The van der Waals surface area contributed by atoms with Crippen LogP contribution in [0.4, 0.5) is 11.6 Å². The van der Waals surface area contributed by atoms with E-state index < -0.39 is 0 Å². The number of anilines is 2. The summed E-state index contributed by atoms with van der Waals surface area (Å²) >= 11 is 0. The summed E-state index contributed by atoms with van der Waals surface area (Å²) in [6.07, 6.45) is 7.28. The molecule has 5 rings (SSSR count). The maximum atomic E-state index is 6.51. The van der Waals surface area contributed by atoms with Gasteiger partial charge in [-0.25, -0.2) is 4.98 Å². The Hall–Kier alpha value is -3.40. The Bertz CT molecular complexity index is 1090. The molecule has 0 atom stereocenters. The van der Waals surface area contributed by atoms with Crippen LogP contribution < -0.4 is 24.4 Å². The highest BCUT2D eigenvalue weighted by molar-refractivity contribution is 5.85. The summed E-state index contributed by atoms with van der Waals surface area (Å²) in [5, 5.41) is 3.42. The van der Waals surface area contributed by atoms with E-state index in [9.17, 15) is 0 Å². The summed E-state index contributed by atoms with van der Waals surface area (Å²) in [6, 6.07) is 6.11. The molecule has 0 bridgehead atoms. The molecular weight excluding hydrogens is 436 g/mol. The van der Waals surface area contributed by atoms with Gasteiger partial charge in [-0.15, -0.1) is 0 Å². The zero-order valence-corrected chi connectivity index (χ0v) is 19.6. The summed E-state index contributed by atoms with van der Waals surface area (Å²) in [5.41, 5.74) is 2.75. The molecule has 2 aromatic heterocycles. The third-order valence-electron chi connectivity index (χ3n) is 6.30. The molecule has 10 nitrogen and oxygen atoms in total. The van der Waals surface area contributed by atoms with Gasteiger partial charge in [0, 0.05) is 43.3 Å². The van der Waals surface area contributed by atoms with Gasteiger partial charge >= 0.3 is 0 Å². The van der Waals surface area contributed by atoms with Crippen molar-refractivity contribution >= 4 is 22.7 Å². The van der Waals surface area contributed by atoms with Crippen LogP contribution in [0.15, 0.2) is 30.6 Å². The molecule has 3 heterocycles. The number of morpholine rings is 1. The van der Waals surface area contributed by atoms with Crippen LogP contribution in [0.3, 0.4) is 0 Å². The summed E-state index contributed by atoms with van der Waals surface area (Å²) < 4.78 is 22.5. The Morgan fingerprint density at radius 3 is 2.32 bits per heavy atom. The average Bonchev–Trinajstić information content (AvgIpc) is 2.90. The Balaban J connectivity index is 1.26. The van der Waals surface area contributed by atoms with E-state index in [2.05, 4.69) is 42.3 Å². The number of benzene rings is 1. The van der Waals surface area contributed by atoms with Crippen LogP contribution in [0, 0.1) is 0 Å². The van der Waals surface area contributed by atoms with Crippen molar-refractivity contribution in [1.29, 1.82) is 0 Å². The highest BCUT2D eigenvalue weighted by Crippen LogP contribution is 2.33. The summed E-state index contributed by atoms with van der Waals surface area (Å²) in [5.74, 6) is 2.25. The van der Waals surface area contributed by atoms with Crippen LogP contribution in [0.25, 0.3) is 11.0 Å². The number of hydrogen-bond donors (Lipinski definition) is 1. The van der Waals surface area contributed by atoms with E-state index in [1.807, 2.05) is 0 Å². The van der Waals surface area contributed by atoms with Crippen LogP contribution in [-0.4, -0.2) is 72.6 Å². The van der Waals surface area contributed by atoms with E-state index in [-0.39, 0.29) is 12.1 Å². The molecule has 1 saturated heterocycles. The number of nitrogens with zero attached hydrogens (tertiary/aromatic N) is 5. The maximum absolute atomic E-state index is 6.51. The zero-order chi connectivity index (χ0) is 23.3. The number of ether oxygens (including phenoxy) is 4. The van der Waals surface area contributed by atoms with Crippen LogP contribution >= 0.6 is 0 Å². The van der Waals surface area contributed by atoms with E-state index in [4.69, 9.17) is 18.9 Å². The topological polar surface area (TPSA) is 104 Å². The first-order valence-corrected chi connectivity index (χ1v) is 11.7. The predicted molar refractivity (Wildman–Crippen MR) is 128 cm³/mol. The van der Waals surface area contributed by atoms with Crippen molar-refractivity contribution in [2.24, 2.45) is 0 Å². The van der Waals surface area contributed by atoms with Crippen molar-refractivity contribution in [3.05, 3.63) is 30.6 Å². The molecule has 34 heavy (non-hydrogen) atoms. The lowest BCUT2D eigenvalue weighted by Gasteiger charge is -2.31. The SMILES string of the molecule is COc1cc(OC)nc(N[C@H]2CC[C@@H](Oc3cc(N4CCOCC4)cc4nccnc34)CC2)n1. The van der Waals surface area contributed by atoms with Crippen molar-refractivity contribution in [2.45, 2.75) is 37.8 Å². The van der Waals surface area contributed by atoms with Gasteiger partial charge in [0.2, 0.25) is 17.7 Å². The van der Waals surface area contributed by atoms with Crippen molar-refractivity contribution in [3.63, 3.8) is 0 Å². The maximum Gasteiger partial charge on any atom is 0.229 e. The molecule has 1 aliphatic carbocycles. The second-order valence-corrected chi connectivity index (χ2v) is 8.48. The first kappa shape index (κ1) is 22.4. The number of fused-ring (bicyclic) bond motifs is 1. The minimum absolute atomic E-state index is 0.115. The quantitative estimate of drug-likeness (QED) is 0.559. The normalized spacial score (nSPS) is 20.7. The third kappa shape index (κ3) is 5.06. The minimum atomic E-state index is 0.115. The van der Waals surface area contributed by atoms with Gasteiger partial charge in [-0.05, 0) is 31.7 Å². The zero-order valence-electron chi connectivity index (χ0n) is 19.6. The Kier molecular flexibility index (Phi) is 6.75. The third-order valence-corrected chi connectivity index (χ3v) is 6.30. The van der Waals surface area contributed by atoms with Crippen molar-refractivity contribution in [2.75, 3.05) is 50.7 Å². The first-order chi connectivity index (χ1) is 16.7. The fraction of sp³-hybridized carbons (Fsp3) is 0.500. The molecule has 0 radical (unpaired) electrons. The van der Waals surface area contributed by atoms with Crippen LogP contribution in [0.2, 0.25) is 0 Å². The molecule has 3 aromatic rings. The summed E-state index contributed by atoms with van der Waals surface area (Å²) in [4.78, 5) is 20.2. The molecule has 0 unspecified atom stereocenters. The van der Waals surface area contributed by atoms with Gasteiger partial charge in [-0.3, -0.25) is 4.98 Å². The molecule has 1 N–H and O–H groups in total. The van der Waals surface area contributed by atoms with Gasteiger partial charge in [-0.2, -0.15) is 9.97 Å². The number of nitrogens with one attached hydrogen (secondary N) is 1. The van der Waals surface area contributed by atoms with Gasteiger partial charge < -0.3 is 29.2 Å². The number of aromatic nitrogens is 4. The molecule has 0 spiro atoms. The molecule has 2 fully saturated rings. The second-order valence-electron chi connectivity index (χ2n) is 8.48. The molecular formula is C24H30N6O4. The summed E-state index contributed by atoms with van der Waals surface area (Å²) in [7, 11) is 3.16. The largest absolute Gasteiger partial charge is 0.488 e. The van der Waals surface area contributed by atoms with Gasteiger partial charge in [0.25, 0.3) is 0 Å². The average molecular weight is 467 g/mol. The lowest BCUT2D eigenvalue weighted by molar-refractivity contribution is 0.122. The number of hydrogen-bond acceptors (Lipinski definition) is 10. The van der Waals surface area contributed by atoms with Crippen LogP contribution in [0.1, 0.15) is 25.7 Å². The molecule has 1 aromatic carbocycles. The van der Waals surface area contributed by atoms with Crippen molar-refractivity contribution in [1.82, 2.24) is 19.9 Å². The Morgan fingerprint density at radius 1 is 0.912 bits per heavy atom. The van der Waals surface area contributed by atoms with Gasteiger partial charge in [-0.1, -0.05) is 0 Å². The van der Waals surface area contributed by atoms with E-state index in [1.165, 1.54) is 0 Å². The lowest BCUT2D eigenvalue weighted by atomic mass is 9.93. The number of rotatable bonds is 7. The van der Waals surface area contributed by atoms with Gasteiger partial charge in [0.15, 0.2) is 0 Å². The molecule has 2 aliphatic rings. The Labute approximate surface area is 198 Å². The van der Waals surface area contributed by atoms with Gasteiger partial charge in [0.05, 0.1) is 45.1 Å². The standard InChI is InChI=1S/C24H30N6O4/c1-31-21-15-22(32-2)29-24(28-21)27-16-3-5-18(6-4-16)34-20-14-17(30-9-11-33-12-10-30)13-19-23(20)26-8-7-25-19/h7-8,13-16,18H,3-6,9-12H2,1-2H3,(H,27,28,29)/t16-,18+. The van der Waals surface area contributed by atoms with E-state index in [0.29, 0.717) is 17.7 Å². The fourth-order valence-electron chi connectivity index (χ4n) is 4.49. The highest BCUT2D eigenvalue weighted by atomic mass is 16.5. The van der Waals surface area contributed by atoms with Crippen LogP contribution in [0.5, 0.6) is 17.5 Å². The smallest absolute Gasteiger partial charge is 0.229 e. The molecule has 1 saturated carbocycles.